The standard InChI is InChI=1S/C15H15BrN2O2S/c1-8-10(16)5-3-6-11(8)17-15-18-13-9(14(19)20)4-2-7-12(13)21-15/h3,5-6,9H,2,4,7H2,1H3,(H,17,18)(H,19,20). The fourth-order valence-corrected chi connectivity index (χ4v) is 4.01. The summed E-state index contributed by atoms with van der Waals surface area (Å²) in [5, 5.41) is 13.4. The molecular formula is C15H15BrN2O2S. The highest BCUT2D eigenvalue weighted by atomic mass is 79.9. The number of carboxylic acids is 1. The van der Waals surface area contributed by atoms with E-state index in [-0.39, 0.29) is 0 Å². The van der Waals surface area contributed by atoms with Crippen LogP contribution in [0.3, 0.4) is 0 Å². The summed E-state index contributed by atoms with van der Waals surface area (Å²) in [7, 11) is 0. The van der Waals surface area contributed by atoms with Crippen LogP contribution < -0.4 is 5.32 Å². The Balaban J connectivity index is 1.91. The molecule has 6 heteroatoms. The molecule has 0 saturated heterocycles. The van der Waals surface area contributed by atoms with E-state index in [9.17, 15) is 9.90 Å². The largest absolute Gasteiger partial charge is 0.481 e. The Morgan fingerprint density at radius 2 is 2.33 bits per heavy atom. The summed E-state index contributed by atoms with van der Waals surface area (Å²) in [6, 6.07) is 5.95. The van der Waals surface area contributed by atoms with Crippen molar-refractivity contribution < 1.29 is 9.90 Å². The number of thiazole rings is 1. The number of rotatable bonds is 3. The van der Waals surface area contributed by atoms with Gasteiger partial charge in [0.05, 0.1) is 5.69 Å². The molecule has 2 aromatic rings. The molecule has 1 aromatic heterocycles. The Bertz CT molecular complexity index is 699. The van der Waals surface area contributed by atoms with E-state index in [1.807, 2.05) is 25.1 Å². The van der Waals surface area contributed by atoms with Crippen LogP contribution in [-0.4, -0.2) is 16.1 Å². The number of nitrogens with one attached hydrogen (secondary N) is 1. The Labute approximate surface area is 135 Å². The van der Waals surface area contributed by atoms with Crippen LogP contribution in [0, 0.1) is 6.92 Å². The van der Waals surface area contributed by atoms with Crippen molar-refractivity contribution in [1.82, 2.24) is 4.98 Å². The maximum Gasteiger partial charge on any atom is 0.312 e. The van der Waals surface area contributed by atoms with Crippen LogP contribution in [0.4, 0.5) is 10.8 Å². The van der Waals surface area contributed by atoms with Crippen molar-refractivity contribution in [3.63, 3.8) is 0 Å². The summed E-state index contributed by atoms with van der Waals surface area (Å²) in [6.07, 6.45) is 2.53. The number of anilines is 2. The number of carboxylic acid groups (broad SMARTS) is 1. The molecule has 1 atom stereocenters. The first kappa shape index (κ1) is 14.5. The van der Waals surface area contributed by atoms with E-state index >= 15 is 0 Å². The summed E-state index contributed by atoms with van der Waals surface area (Å²) in [4.78, 5) is 17.0. The monoisotopic (exact) mass is 366 g/mol. The number of carbonyl (C=O) groups is 1. The SMILES string of the molecule is Cc1c(Br)cccc1Nc1nc2c(s1)CCCC2C(=O)O. The third-order valence-corrected chi connectivity index (χ3v) is 5.67. The van der Waals surface area contributed by atoms with Gasteiger partial charge in [0.2, 0.25) is 0 Å². The number of nitrogens with zero attached hydrogens (tertiary/aromatic N) is 1. The molecule has 21 heavy (non-hydrogen) atoms. The van der Waals surface area contributed by atoms with E-state index in [1.165, 1.54) is 0 Å². The van der Waals surface area contributed by atoms with Crippen LogP contribution in [0.5, 0.6) is 0 Å². The zero-order valence-corrected chi connectivity index (χ0v) is 13.9. The lowest BCUT2D eigenvalue weighted by atomic mass is 9.91. The smallest absolute Gasteiger partial charge is 0.312 e. The average Bonchev–Trinajstić information content (AvgIpc) is 2.85. The lowest BCUT2D eigenvalue weighted by Gasteiger charge is -2.16. The normalized spacial score (nSPS) is 17.3. The van der Waals surface area contributed by atoms with Crippen LogP contribution in [0.2, 0.25) is 0 Å². The van der Waals surface area contributed by atoms with Gasteiger partial charge in [-0.3, -0.25) is 4.79 Å². The van der Waals surface area contributed by atoms with E-state index in [1.54, 1.807) is 11.3 Å². The number of hydrogen-bond acceptors (Lipinski definition) is 4. The summed E-state index contributed by atoms with van der Waals surface area (Å²) in [5.41, 5.74) is 2.84. The Morgan fingerprint density at radius 1 is 1.52 bits per heavy atom. The van der Waals surface area contributed by atoms with Crippen LogP contribution in [0.15, 0.2) is 22.7 Å². The number of aliphatic carboxylic acids is 1. The third kappa shape index (κ3) is 2.82. The number of fused-ring (bicyclic) bond motifs is 1. The molecule has 0 saturated carbocycles. The van der Waals surface area contributed by atoms with Crippen molar-refractivity contribution >= 4 is 44.1 Å². The van der Waals surface area contributed by atoms with Crippen LogP contribution >= 0.6 is 27.3 Å². The summed E-state index contributed by atoms with van der Waals surface area (Å²) in [5.74, 6) is -1.23. The minimum Gasteiger partial charge on any atom is -0.481 e. The number of hydrogen-bond donors (Lipinski definition) is 2. The van der Waals surface area contributed by atoms with Gasteiger partial charge in [-0.1, -0.05) is 22.0 Å². The van der Waals surface area contributed by atoms with Crippen molar-refractivity contribution in [2.75, 3.05) is 5.32 Å². The summed E-state index contributed by atoms with van der Waals surface area (Å²) in [6.45, 7) is 2.03. The maximum absolute atomic E-state index is 11.3. The Morgan fingerprint density at radius 3 is 3.10 bits per heavy atom. The van der Waals surface area contributed by atoms with Gasteiger partial charge >= 0.3 is 5.97 Å². The molecule has 1 unspecified atom stereocenters. The second-order valence-corrected chi connectivity index (χ2v) is 7.09. The van der Waals surface area contributed by atoms with Gasteiger partial charge in [0.25, 0.3) is 0 Å². The molecular weight excluding hydrogens is 352 g/mol. The van der Waals surface area contributed by atoms with E-state index in [4.69, 9.17) is 0 Å². The zero-order valence-electron chi connectivity index (χ0n) is 11.5. The van der Waals surface area contributed by atoms with Crippen molar-refractivity contribution in [1.29, 1.82) is 0 Å². The number of aromatic nitrogens is 1. The molecule has 3 rings (SSSR count). The first-order chi connectivity index (χ1) is 10.1. The number of aryl methyl sites for hydroxylation is 1. The second kappa shape index (κ2) is 5.77. The summed E-state index contributed by atoms with van der Waals surface area (Å²) >= 11 is 5.08. The number of halogens is 1. The lowest BCUT2D eigenvalue weighted by Crippen LogP contribution is -2.17. The van der Waals surface area contributed by atoms with Crippen molar-refractivity contribution in [3.8, 4) is 0 Å². The van der Waals surface area contributed by atoms with E-state index in [0.29, 0.717) is 6.42 Å². The Kier molecular flexibility index (Phi) is 3.99. The molecule has 0 radical (unpaired) electrons. The van der Waals surface area contributed by atoms with Gasteiger partial charge in [0.15, 0.2) is 5.13 Å². The topological polar surface area (TPSA) is 62.2 Å². The van der Waals surface area contributed by atoms with E-state index < -0.39 is 11.9 Å². The van der Waals surface area contributed by atoms with Crippen LogP contribution in [-0.2, 0) is 11.2 Å². The van der Waals surface area contributed by atoms with Gasteiger partial charge in [-0.25, -0.2) is 4.98 Å². The minimum atomic E-state index is -0.772. The highest BCUT2D eigenvalue weighted by molar-refractivity contribution is 9.10. The summed E-state index contributed by atoms with van der Waals surface area (Å²) < 4.78 is 1.04. The molecule has 1 aromatic carbocycles. The van der Waals surface area contributed by atoms with Gasteiger partial charge in [0.1, 0.15) is 5.92 Å². The highest BCUT2D eigenvalue weighted by Crippen LogP contribution is 2.38. The van der Waals surface area contributed by atoms with Gasteiger partial charge in [-0.15, -0.1) is 11.3 Å². The molecule has 0 amide bonds. The molecule has 1 aliphatic carbocycles. The predicted molar refractivity (Wildman–Crippen MR) is 87.6 cm³/mol. The third-order valence-electron chi connectivity index (χ3n) is 3.76. The van der Waals surface area contributed by atoms with Crippen LogP contribution in [0.25, 0.3) is 0 Å². The Hall–Kier alpha value is -1.40. The van der Waals surface area contributed by atoms with Crippen LogP contribution in [0.1, 0.15) is 34.9 Å². The van der Waals surface area contributed by atoms with Gasteiger partial charge < -0.3 is 10.4 Å². The predicted octanol–water partition coefficient (Wildman–Crippen LogP) is 4.46. The van der Waals surface area contributed by atoms with Crippen molar-refractivity contribution in [3.05, 3.63) is 38.8 Å². The van der Waals surface area contributed by atoms with Gasteiger partial charge in [-0.05, 0) is 43.9 Å². The van der Waals surface area contributed by atoms with E-state index in [2.05, 4.69) is 26.2 Å². The fourth-order valence-electron chi connectivity index (χ4n) is 2.57. The van der Waals surface area contributed by atoms with Gasteiger partial charge in [-0.2, -0.15) is 0 Å². The molecule has 1 aliphatic rings. The van der Waals surface area contributed by atoms with Crippen molar-refractivity contribution in [2.45, 2.75) is 32.1 Å². The van der Waals surface area contributed by atoms with E-state index in [0.717, 1.165) is 44.3 Å². The molecule has 2 N–H and O–H groups in total. The number of benzene rings is 1. The molecule has 1 heterocycles. The fraction of sp³-hybridized carbons (Fsp3) is 0.333. The molecule has 0 spiro atoms. The minimum absolute atomic E-state index is 0.454. The second-order valence-electron chi connectivity index (χ2n) is 5.15. The van der Waals surface area contributed by atoms with Gasteiger partial charge in [0, 0.05) is 15.0 Å². The molecule has 0 bridgehead atoms. The average molecular weight is 367 g/mol. The first-order valence-corrected chi connectivity index (χ1v) is 8.41. The quantitative estimate of drug-likeness (QED) is 0.841. The molecule has 110 valence electrons. The molecule has 4 nitrogen and oxygen atoms in total. The molecule has 0 fully saturated rings. The maximum atomic E-state index is 11.3. The highest BCUT2D eigenvalue weighted by Gasteiger charge is 2.30. The first-order valence-electron chi connectivity index (χ1n) is 6.81. The zero-order chi connectivity index (χ0) is 15.0. The lowest BCUT2D eigenvalue weighted by molar-refractivity contribution is -0.139. The van der Waals surface area contributed by atoms with Crippen molar-refractivity contribution in [2.24, 2.45) is 0 Å². The molecule has 0 aliphatic heterocycles.